The van der Waals surface area contributed by atoms with Gasteiger partial charge in [0.1, 0.15) is 5.75 Å². The van der Waals surface area contributed by atoms with Crippen LogP contribution in [0.15, 0.2) is 28.7 Å². The quantitative estimate of drug-likeness (QED) is 0.903. The molecule has 7 nitrogen and oxygen atoms in total. The van der Waals surface area contributed by atoms with E-state index < -0.39 is 0 Å². The summed E-state index contributed by atoms with van der Waals surface area (Å²) in [5, 5.41) is 10.7. The third-order valence-electron chi connectivity index (χ3n) is 2.83. The summed E-state index contributed by atoms with van der Waals surface area (Å²) < 4.78 is 10.8. The van der Waals surface area contributed by atoms with E-state index in [9.17, 15) is 4.79 Å². The maximum absolute atomic E-state index is 11.4. The summed E-state index contributed by atoms with van der Waals surface area (Å²) >= 11 is 0. The van der Waals surface area contributed by atoms with E-state index >= 15 is 0 Å². The van der Waals surface area contributed by atoms with Crippen molar-refractivity contribution >= 4 is 6.03 Å². The minimum absolute atomic E-state index is 0.153. The van der Waals surface area contributed by atoms with Crippen molar-refractivity contribution in [3.05, 3.63) is 30.2 Å². The first-order valence-corrected chi connectivity index (χ1v) is 6.52. The van der Waals surface area contributed by atoms with E-state index in [0.717, 1.165) is 5.56 Å². The van der Waals surface area contributed by atoms with Gasteiger partial charge in [-0.3, -0.25) is 0 Å². The summed E-state index contributed by atoms with van der Waals surface area (Å²) in [7, 11) is 4.95. The molecule has 0 saturated heterocycles. The highest BCUT2D eigenvalue weighted by molar-refractivity contribution is 5.73. The van der Waals surface area contributed by atoms with Gasteiger partial charge in [-0.05, 0) is 12.1 Å². The Morgan fingerprint density at radius 1 is 1.33 bits per heavy atom. The molecule has 7 heteroatoms. The van der Waals surface area contributed by atoms with Crippen molar-refractivity contribution in [2.45, 2.75) is 6.42 Å². The van der Waals surface area contributed by atoms with Crippen LogP contribution in [0.5, 0.6) is 5.75 Å². The Hall–Kier alpha value is -2.57. The fourth-order valence-corrected chi connectivity index (χ4v) is 1.72. The first-order chi connectivity index (χ1) is 10.1. The Balaban J connectivity index is 2.00. The third-order valence-corrected chi connectivity index (χ3v) is 2.83. The number of rotatable bonds is 5. The zero-order chi connectivity index (χ0) is 15.2. The predicted molar refractivity (Wildman–Crippen MR) is 77.1 cm³/mol. The first-order valence-electron chi connectivity index (χ1n) is 6.52. The van der Waals surface area contributed by atoms with Gasteiger partial charge in [-0.15, -0.1) is 10.2 Å². The van der Waals surface area contributed by atoms with E-state index in [1.807, 2.05) is 24.3 Å². The fraction of sp³-hybridized carbons (Fsp3) is 0.357. The third kappa shape index (κ3) is 3.71. The van der Waals surface area contributed by atoms with E-state index in [4.69, 9.17) is 9.15 Å². The van der Waals surface area contributed by atoms with Crippen LogP contribution in [0.3, 0.4) is 0 Å². The van der Waals surface area contributed by atoms with Crippen molar-refractivity contribution < 1.29 is 13.9 Å². The molecule has 1 N–H and O–H groups in total. The molecule has 0 saturated carbocycles. The minimum Gasteiger partial charge on any atom is -0.496 e. The van der Waals surface area contributed by atoms with Crippen molar-refractivity contribution in [3.63, 3.8) is 0 Å². The number of methoxy groups -OCH3 is 1. The number of para-hydroxylation sites is 1. The Morgan fingerprint density at radius 2 is 2.10 bits per heavy atom. The zero-order valence-corrected chi connectivity index (χ0v) is 12.3. The Morgan fingerprint density at radius 3 is 2.81 bits per heavy atom. The van der Waals surface area contributed by atoms with Crippen LogP contribution in [0.2, 0.25) is 0 Å². The van der Waals surface area contributed by atoms with Gasteiger partial charge in [0.2, 0.25) is 5.89 Å². The zero-order valence-electron chi connectivity index (χ0n) is 12.3. The lowest BCUT2D eigenvalue weighted by molar-refractivity contribution is 0.217. The number of aromatic nitrogens is 2. The van der Waals surface area contributed by atoms with Crippen molar-refractivity contribution in [1.29, 1.82) is 0 Å². The normalized spacial score (nSPS) is 10.2. The molecule has 0 atom stereocenters. The Kier molecular flexibility index (Phi) is 4.76. The highest BCUT2D eigenvalue weighted by Crippen LogP contribution is 2.28. The van der Waals surface area contributed by atoms with Crippen LogP contribution in [0.4, 0.5) is 4.79 Å². The summed E-state index contributed by atoms with van der Waals surface area (Å²) in [6, 6.07) is 7.27. The van der Waals surface area contributed by atoms with Gasteiger partial charge in [-0.25, -0.2) is 4.79 Å². The number of benzene rings is 1. The topological polar surface area (TPSA) is 80.5 Å². The molecule has 2 rings (SSSR count). The van der Waals surface area contributed by atoms with E-state index in [1.165, 1.54) is 4.90 Å². The smallest absolute Gasteiger partial charge is 0.316 e. The number of urea groups is 1. The molecule has 1 aromatic carbocycles. The largest absolute Gasteiger partial charge is 0.496 e. The predicted octanol–water partition coefficient (Wildman–Crippen LogP) is 1.56. The molecule has 0 bridgehead atoms. The van der Waals surface area contributed by atoms with E-state index in [2.05, 4.69) is 15.5 Å². The molecule has 1 heterocycles. The van der Waals surface area contributed by atoms with Crippen LogP contribution in [-0.4, -0.2) is 48.9 Å². The van der Waals surface area contributed by atoms with Crippen LogP contribution < -0.4 is 10.1 Å². The van der Waals surface area contributed by atoms with Crippen LogP contribution in [0.1, 0.15) is 5.89 Å². The average Bonchev–Trinajstić information content (AvgIpc) is 2.95. The number of nitrogens with zero attached hydrogens (tertiary/aromatic N) is 3. The summed E-state index contributed by atoms with van der Waals surface area (Å²) in [6.45, 7) is 0.435. The monoisotopic (exact) mass is 290 g/mol. The number of ether oxygens (including phenoxy) is 1. The van der Waals surface area contributed by atoms with Gasteiger partial charge < -0.3 is 19.4 Å². The van der Waals surface area contributed by atoms with Gasteiger partial charge in [-0.1, -0.05) is 12.1 Å². The molecule has 0 radical (unpaired) electrons. The molecule has 112 valence electrons. The number of hydrogen-bond acceptors (Lipinski definition) is 5. The highest BCUT2D eigenvalue weighted by Gasteiger charge is 2.13. The fourth-order valence-electron chi connectivity index (χ4n) is 1.72. The SMILES string of the molecule is COc1ccccc1-c1nnc(CCNC(=O)N(C)C)o1. The Labute approximate surface area is 122 Å². The van der Waals surface area contributed by atoms with Crippen molar-refractivity contribution in [3.8, 4) is 17.2 Å². The summed E-state index contributed by atoms with van der Waals surface area (Å²) in [5.74, 6) is 1.55. The number of carbonyl (C=O) groups excluding carboxylic acids is 1. The molecular weight excluding hydrogens is 272 g/mol. The van der Waals surface area contributed by atoms with Gasteiger partial charge in [0.25, 0.3) is 5.89 Å². The molecule has 1 aromatic heterocycles. The lowest BCUT2D eigenvalue weighted by Crippen LogP contribution is -2.35. The lowest BCUT2D eigenvalue weighted by atomic mass is 10.2. The minimum atomic E-state index is -0.153. The lowest BCUT2D eigenvalue weighted by Gasteiger charge is -2.10. The standard InChI is InChI=1S/C14H18N4O3/c1-18(2)14(19)15-9-8-12-16-17-13(21-12)10-6-4-5-7-11(10)20-3/h4-7H,8-9H2,1-3H3,(H,15,19). The molecule has 2 aromatic rings. The molecule has 0 aliphatic heterocycles. The van der Waals surface area contributed by atoms with Crippen LogP contribution in [-0.2, 0) is 6.42 Å². The van der Waals surface area contributed by atoms with Crippen LogP contribution in [0, 0.1) is 0 Å². The summed E-state index contributed by atoms with van der Waals surface area (Å²) in [5.41, 5.74) is 0.746. The molecule has 0 aliphatic rings. The van der Waals surface area contributed by atoms with Gasteiger partial charge in [-0.2, -0.15) is 0 Å². The second-order valence-corrected chi connectivity index (χ2v) is 4.58. The van der Waals surface area contributed by atoms with Crippen LogP contribution in [0.25, 0.3) is 11.5 Å². The second-order valence-electron chi connectivity index (χ2n) is 4.58. The van der Waals surface area contributed by atoms with Crippen molar-refractivity contribution in [2.24, 2.45) is 0 Å². The number of nitrogens with one attached hydrogen (secondary N) is 1. The number of amides is 2. The average molecular weight is 290 g/mol. The molecule has 0 aliphatic carbocycles. The second kappa shape index (κ2) is 6.74. The molecule has 21 heavy (non-hydrogen) atoms. The van der Waals surface area contributed by atoms with Gasteiger partial charge in [0.05, 0.1) is 12.7 Å². The number of carbonyl (C=O) groups is 1. The summed E-state index contributed by atoms with van der Waals surface area (Å²) in [6.07, 6.45) is 0.474. The van der Waals surface area contributed by atoms with E-state index in [0.29, 0.717) is 30.5 Å². The van der Waals surface area contributed by atoms with Gasteiger partial charge in [0.15, 0.2) is 0 Å². The highest BCUT2D eigenvalue weighted by atomic mass is 16.5. The molecule has 2 amide bonds. The molecule has 0 spiro atoms. The van der Waals surface area contributed by atoms with E-state index in [-0.39, 0.29) is 6.03 Å². The van der Waals surface area contributed by atoms with Gasteiger partial charge in [0, 0.05) is 27.1 Å². The van der Waals surface area contributed by atoms with Crippen molar-refractivity contribution in [2.75, 3.05) is 27.7 Å². The Bertz CT molecular complexity index is 610. The molecular formula is C14H18N4O3. The summed E-state index contributed by atoms with van der Waals surface area (Å²) in [4.78, 5) is 12.8. The number of hydrogen-bond donors (Lipinski definition) is 1. The maximum Gasteiger partial charge on any atom is 0.316 e. The van der Waals surface area contributed by atoms with E-state index in [1.54, 1.807) is 21.2 Å². The maximum atomic E-state index is 11.4. The van der Waals surface area contributed by atoms with Gasteiger partial charge >= 0.3 is 6.03 Å². The molecule has 0 fully saturated rings. The van der Waals surface area contributed by atoms with Crippen LogP contribution >= 0.6 is 0 Å². The first kappa shape index (κ1) is 14.8. The molecule has 0 unspecified atom stereocenters. The van der Waals surface area contributed by atoms with Crippen molar-refractivity contribution in [1.82, 2.24) is 20.4 Å².